The first-order valence-corrected chi connectivity index (χ1v) is 7.66. The molecule has 1 fully saturated rings. The molecule has 0 aromatic heterocycles. The van der Waals surface area contributed by atoms with E-state index >= 15 is 0 Å². The molecule has 1 aromatic rings. The van der Waals surface area contributed by atoms with E-state index < -0.39 is 17.3 Å². The fourth-order valence-corrected chi connectivity index (χ4v) is 3.37. The molecule has 3 aliphatic rings. The summed E-state index contributed by atoms with van der Waals surface area (Å²) < 4.78 is 43.6. The molecule has 24 heavy (non-hydrogen) atoms. The fraction of sp³-hybridized carbons (Fsp3) is 0.438. The van der Waals surface area contributed by atoms with Gasteiger partial charge in [0.25, 0.3) is 0 Å². The molecular weight excluding hydrogens is 323 g/mol. The molecule has 1 spiro atoms. The number of nitrogens with zero attached hydrogens (tertiary/aromatic N) is 2. The molecule has 4 rings (SSSR count). The van der Waals surface area contributed by atoms with Gasteiger partial charge in [-0.2, -0.15) is 13.2 Å². The molecule has 1 atom stereocenters. The summed E-state index contributed by atoms with van der Waals surface area (Å²) in [6.45, 7) is 0.915. The van der Waals surface area contributed by atoms with Gasteiger partial charge in [0, 0.05) is 13.5 Å². The Bertz CT molecular complexity index is 723. The Kier molecular flexibility index (Phi) is 3.20. The zero-order chi connectivity index (χ0) is 17.1. The Hall–Kier alpha value is -2.06. The number of benzene rings is 1. The number of ketones is 1. The maximum atomic E-state index is 12.7. The minimum absolute atomic E-state index is 0.0519. The Morgan fingerprint density at radius 1 is 1.29 bits per heavy atom. The van der Waals surface area contributed by atoms with Gasteiger partial charge in [-0.25, -0.2) is 0 Å². The number of carbonyl (C=O) groups is 1. The highest BCUT2D eigenvalue weighted by Crippen LogP contribution is 2.48. The normalized spacial score (nSPS) is 26.4. The number of carbonyl (C=O) groups excluding carboxylic acids is 1. The molecule has 0 amide bonds. The van der Waals surface area contributed by atoms with Crippen molar-refractivity contribution in [3.63, 3.8) is 0 Å². The van der Waals surface area contributed by atoms with E-state index in [-0.39, 0.29) is 5.78 Å². The lowest BCUT2D eigenvalue weighted by molar-refractivity contribution is -0.137. The van der Waals surface area contributed by atoms with Crippen molar-refractivity contribution in [3.8, 4) is 0 Å². The first kappa shape index (κ1) is 15.5. The number of epoxide rings is 1. The quantitative estimate of drug-likeness (QED) is 0.838. The van der Waals surface area contributed by atoms with E-state index in [1.165, 1.54) is 12.1 Å². The van der Waals surface area contributed by atoms with Gasteiger partial charge in [0.05, 0.1) is 24.4 Å². The third-order valence-electron chi connectivity index (χ3n) is 4.67. The monoisotopic (exact) mass is 339 g/mol. The van der Waals surface area contributed by atoms with Gasteiger partial charge in [0.15, 0.2) is 5.78 Å². The highest BCUT2D eigenvalue weighted by molar-refractivity contribution is 5.97. The number of alkyl halides is 3. The average molecular weight is 339 g/mol. The number of hydrogen-bond acceptors (Lipinski definition) is 5. The van der Waals surface area contributed by atoms with Crippen LogP contribution in [0.15, 0.2) is 35.7 Å². The molecule has 128 valence electrons. The number of Topliss-reactive ketones (excluding diaryl/α,β-unsaturated/α-hetero) is 1. The SMILES string of the molecule is CN1NN(Cc2ccc(C(F)(F)F)cc2)C2=C1C(=O)CCC21CO1. The number of nitrogens with one attached hydrogen (secondary N) is 1. The molecule has 5 nitrogen and oxygen atoms in total. The Labute approximate surface area is 136 Å². The zero-order valence-electron chi connectivity index (χ0n) is 13.0. The van der Waals surface area contributed by atoms with Crippen molar-refractivity contribution in [2.45, 2.75) is 31.2 Å². The van der Waals surface area contributed by atoms with Gasteiger partial charge in [-0.3, -0.25) is 14.8 Å². The summed E-state index contributed by atoms with van der Waals surface area (Å²) in [5.74, 6) is 0.0519. The molecule has 2 heterocycles. The predicted molar refractivity (Wildman–Crippen MR) is 77.8 cm³/mol. The second kappa shape index (κ2) is 4.97. The van der Waals surface area contributed by atoms with Crippen molar-refractivity contribution in [1.29, 1.82) is 0 Å². The summed E-state index contributed by atoms with van der Waals surface area (Å²) in [5, 5.41) is 3.45. The third kappa shape index (κ3) is 2.37. The van der Waals surface area contributed by atoms with Crippen LogP contribution in [0.4, 0.5) is 13.2 Å². The van der Waals surface area contributed by atoms with Gasteiger partial charge in [-0.1, -0.05) is 12.1 Å². The topological polar surface area (TPSA) is 48.1 Å². The molecule has 1 N–H and O–H groups in total. The van der Waals surface area contributed by atoms with Crippen LogP contribution < -0.4 is 5.53 Å². The van der Waals surface area contributed by atoms with Gasteiger partial charge in [0.1, 0.15) is 11.3 Å². The maximum absolute atomic E-state index is 12.7. The van der Waals surface area contributed by atoms with Crippen LogP contribution in [-0.2, 0) is 22.3 Å². The Morgan fingerprint density at radius 3 is 2.54 bits per heavy atom. The van der Waals surface area contributed by atoms with E-state index in [2.05, 4.69) is 5.53 Å². The van der Waals surface area contributed by atoms with Crippen molar-refractivity contribution in [2.24, 2.45) is 0 Å². The van der Waals surface area contributed by atoms with E-state index in [9.17, 15) is 18.0 Å². The predicted octanol–water partition coefficient (Wildman–Crippen LogP) is 2.22. The molecule has 1 saturated heterocycles. The number of rotatable bonds is 2. The zero-order valence-corrected chi connectivity index (χ0v) is 13.0. The molecule has 0 bridgehead atoms. The molecule has 1 unspecified atom stereocenters. The minimum Gasteiger partial charge on any atom is -0.363 e. The molecule has 2 aliphatic heterocycles. The van der Waals surface area contributed by atoms with Crippen molar-refractivity contribution < 1.29 is 22.7 Å². The van der Waals surface area contributed by atoms with Crippen LogP contribution in [0.1, 0.15) is 24.0 Å². The summed E-state index contributed by atoms with van der Waals surface area (Å²) in [6, 6.07) is 5.04. The molecule has 1 aliphatic carbocycles. The van der Waals surface area contributed by atoms with Gasteiger partial charge in [-0.15, -0.1) is 5.53 Å². The first-order chi connectivity index (χ1) is 11.3. The van der Waals surface area contributed by atoms with Gasteiger partial charge in [0.2, 0.25) is 0 Å². The number of likely N-dealkylation sites (N-methyl/N-ethyl adjacent to an activating group) is 1. The van der Waals surface area contributed by atoms with E-state index in [0.717, 1.165) is 17.8 Å². The summed E-state index contributed by atoms with van der Waals surface area (Å²) in [7, 11) is 1.75. The lowest BCUT2D eigenvalue weighted by atomic mass is 9.89. The summed E-state index contributed by atoms with van der Waals surface area (Å²) in [5.41, 5.74) is 4.08. The van der Waals surface area contributed by atoms with E-state index in [1.807, 2.05) is 0 Å². The van der Waals surface area contributed by atoms with E-state index in [0.29, 0.717) is 37.3 Å². The number of allylic oxidation sites excluding steroid dienone is 1. The second-order valence-electron chi connectivity index (χ2n) is 6.34. The number of hydrogen-bond donors (Lipinski definition) is 1. The minimum atomic E-state index is -4.35. The molecular formula is C16H16F3N3O2. The molecule has 8 heteroatoms. The standard InChI is InChI=1S/C16H16F3N3O2/c1-21-13-12(23)6-7-15(9-24-15)14(13)22(20-21)8-10-2-4-11(5-3-10)16(17,18)19/h2-5,20H,6-9H2,1H3. The van der Waals surface area contributed by atoms with Crippen molar-refractivity contribution >= 4 is 5.78 Å². The van der Waals surface area contributed by atoms with Gasteiger partial charge < -0.3 is 4.74 Å². The molecule has 0 radical (unpaired) electrons. The Balaban J connectivity index is 1.60. The van der Waals surface area contributed by atoms with Crippen LogP contribution in [-0.4, -0.2) is 35.1 Å². The lowest BCUT2D eigenvalue weighted by Crippen LogP contribution is -2.40. The van der Waals surface area contributed by atoms with Crippen LogP contribution in [0.5, 0.6) is 0 Å². The maximum Gasteiger partial charge on any atom is 0.416 e. The second-order valence-corrected chi connectivity index (χ2v) is 6.34. The number of fused-ring (bicyclic) bond motifs is 1. The first-order valence-electron chi connectivity index (χ1n) is 7.66. The summed E-state index contributed by atoms with van der Waals surface area (Å²) >= 11 is 0. The van der Waals surface area contributed by atoms with Gasteiger partial charge in [-0.05, 0) is 24.1 Å². The van der Waals surface area contributed by atoms with Crippen molar-refractivity contribution in [1.82, 2.24) is 15.6 Å². The average Bonchev–Trinajstić information content (AvgIpc) is 3.21. The third-order valence-corrected chi connectivity index (χ3v) is 4.67. The van der Waals surface area contributed by atoms with Gasteiger partial charge >= 0.3 is 6.18 Å². The fourth-order valence-electron chi connectivity index (χ4n) is 3.37. The van der Waals surface area contributed by atoms with Crippen molar-refractivity contribution in [3.05, 3.63) is 46.8 Å². The van der Waals surface area contributed by atoms with Crippen LogP contribution >= 0.6 is 0 Å². The summed E-state index contributed by atoms with van der Waals surface area (Å²) in [6.07, 6.45) is -3.26. The van der Waals surface area contributed by atoms with Crippen LogP contribution in [0.25, 0.3) is 0 Å². The summed E-state index contributed by atoms with van der Waals surface area (Å²) in [4.78, 5) is 12.2. The number of hydrazine groups is 2. The van der Waals surface area contributed by atoms with Crippen LogP contribution in [0.2, 0.25) is 0 Å². The molecule has 1 aromatic carbocycles. The highest BCUT2D eigenvalue weighted by Gasteiger charge is 2.57. The van der Waals surface area contributed by atoms with E-state index in [4.69, 9.17) is 4.74 Å². The largest absolute Gasteiger partial charge is 0.416 e. The smallest absolute Gasteiger partial charge is 0.363 e. The van der Waals surface area contributed by atoms with Crippen LogP contribution in [0.3, 0.4) is 0 Å². The van der Waals surface area contributed by atoms with Crippen molar-refractivity contribution in [2.75, 3.05) is 13.7 Å². The molecule has 0 saturated carbocycles. The highest BCUT2D eigenvalue weighted by atomic mass is 19.4. The van der Waals surface area contributed by atoms with Crippen LogP contribution in [0, 0.1) is 0 Å². The number of ether oxygens (including phenoxy) is 1. The van der Waals surface area contributed by atoms with E-state index in [1.54, 1.807) is 17.1 Å². The lowest BCUT2D eigenvalue weighted by Gasteiger charge is -2.27. The Morgan fingerprint density at radius 2 is 1.96 bits per heavy atom. The number of halogens is 3.